The molecule has 0 atom stereocenters. The molecule has 0 fully saturated rings. The van der Waals surface area contributed by atoms with Crippen molar-refractivity contribution >= 4 is 39.7 Å². The van der Waals surface area contributed by atoms with E-state index < -0.39 is 22.0 Å². The molecule has 0 aliphatic heterocycles. The third-order valence-corrected chi connectivity index (χ3v) is 1.21. The molecule has 0 aliphatic carbocycles. The minimum atomic E-state index is -3.97. The molecular weight excluding hydrogens is 155 g/mol. The van der Waals surface area contributed by atoms with Crippen LogP contribution >= 0.6 is 0 Å². The van der Waals surface area contributed by atoms with Gasteiger partial charge in [-0.3, -0.25) is 4.55 Å². The van der Waals surface area contributed by atoms with Crippen LogP contribution in [0.2, 0.25) is 0 Å². The van der Waals surface area contributed by atoms with Crippen LogP contribution in [0.1, 0.15) is 0 Å². The van der Waals surface area contributed by atoms with Gasteiger partial charge in [0.2, 0.25) is 0 Å². The first-order valence-electron chi connectivity index (χ1n) is 1.88. The molecule has 0 saturated carbocycles. The zero-order valence-electron chi connectivity index (χ0n) is 4.11. The zero-order chi connectivity index (χ0) is 6.78. The van der Waals surface area contributed by atoms with Gasteiger partial charge in [-0.2, -0.15) is 8.42 Å². The molecule has 9 heavy (non-hydrogen) atoms. The number of rotatable bonds is 2. The SMILES string of the molecule is NC(N)CS(=O)(=O)O.[NaH]. The topological polar surface area (TPSA) is 106 Å². The monoisotopic (exact) mass is 164 g/mol. The molecule has 0 aromatic heterocycles. The van der Waals surface area contributed by atoms with Crippen molar-refractivity contribution in [1.29, 1.82) is 0 Å². The van der Waals surface area contributed by atoms with Crippen molar-refractivity contribution in [1.82, 2.24) is 0 Å². The number of hydrogen-bond acceptors (Lipinski definition) is 4. The molecule has 52 valence electrons. The van der Waals surface area contributed by atoms with Crippen molar-refractivity contribution in [2.75, 3.05) is 5.75 Å². The van der Waals surface area contributed by atoms with E-state index >= 15 is 0 Å². The van der Waals surface area contributed by atoms with E-state index in [9.17, 15) is 8.42 Å². The van der Waals surface area contributed by atoms with E-state index in [1.807, 2.05) is 0 Å². The normalized spacial score (nSPS) is 11.1. The maximum absolute atomic E-state index is 9.84. The van der Waals surface area contributed by atoms with E-state index in [-0.39, 0.29) is 29.6 Å². The van der Waals surface area contributed by atoms with Gasteiger partial charge in [-0.05, 0) is 0 Å². The van der Waals surface area contributed by atoms with Gasteiger partial charge in [0.05, 0.1) is 6.17 Å². The van der Waals surface area contributed by atoms with Gasteiger partial charge in [-0.25, -0.2) is 0 Å². The average Bonchev–Trinajstić information content (AvgIpc) is 1.21. The van der Waals surface area contributed by atoms with Crippen molar-refractivity contribution in [3.63, 3.8) is 0 Å². The van der Waals surface area contributed by atoms with Crippen molar-refractivity contribution < 1.29 is 13.0 Å². The van der Waals surface area contributed by atoms with Crippen LogP contribution in [0.3, 0.4) is 0 Å². The summed E-state index contributed by atoms with van der Waals surface area (Å²) in [5.74, 6) is -0.590. The van der Waals surface area contributed by atoms with Crippen LogP contribution in [0.4, 0.5) is 0 Å². The van der Waals surface area contributed by atoms with Crippen molar-refractivity contribution in [3.05, 3.63) is 0 Å². The molecule has 0 rings (SSSR count). The molecule has 0 heterocycles. The predicted octanol–water partition coefficient (Wildman–Crippen LogP) is -2.53. The van der Waals surface area contributed by atoms with Gasteiger partial charge >= 0.3 is 29.6 Å². The van der Waals surface area contributed by atoms with E-state index in [4.69, 9.17) is 16.0 Å². The summed E-state index contributed by atoms with van der Waals surface area (Å²) in [4.78, 5) is 0. The summed E-state index contributed by atoms with van der Waals surface area (Å²) in [7, 11) is -3.97. The predicted molar refractivity (Wildman–Crippen MR) is 35.7 cm³/mol. The van der Waals surface area contributed by atoms with E-state index in [1.165, 1.54) is 0 Å². The summed E-state index contributed by atoms with van der Waals surface area (Å²) < 4.78 is 27.7. The average molecular weight is 164 g/mol. The fourth-order valence-electron chi connectivity index (χ4n) is 0.243. The molecule has 0 aromatic carbocycles. The van der Waals surface area contributed by atoms with E-state index in [1.54, 1.807) is 0 Å². The Balaban J connectivity index is 0. The van der Waals surface area contributed by atoms with Gasteiger partial charge in [-0.1, -0.05) is 0 Å². The second-order valence-electron chi connectivity index (χ2n) is 1.41. The van der Waals surface area contributed by atoms with Crippen molar-refractivity contribution in [2.45, 2.75) is 6.17 Å². The van der Waals surface area contributed by atoms with Gasteiger partial charge < -0.3 is 11.5 Å². The molecule has 7 heteroatoms. The zero-order valence-corrected chi connectivity index (χ0v) is 4.93. The molecule has 0 bridgehead atoms. The van der Waals surface area contributed by atoms with Crippen LogP contribution in [0.5, 0.6) is 0 Å². The summed E-state index contributed by atoms with van der Waals surface area (Å²) in [6, 6.07) is 0. The minimum absolute atomic E-state index is 0. The van der Waals surface area contributed by atoms with E-state index in [0.717, 1.165) is 0 Å². The third-order valence-electron chi connectivity index (χ3n) is 0.403. The Kier molecular flexibility index (Phi) is 6.41. The van der Waals surface area contributed by atoms with Crippen LogP contribution in [0.25, 0.3) is 0 Å². The summed E-state index contributed by atoms with van der Waals surface area (Å²) in [5, 5.41) is 0. The molecule has 5 N–H and O–H groups in total. The first-order chi connectivity index (χ1) is 3.42. The van der Waals surface area contributed by atoms with Crippen LogP contribution in [0.15, 0.2) is 0 Å². The molecule has 0 unspecified atom stereocenters. The van der Waals surface area contributed by atoms with Gasteiger partial charge in [0.1, 0.15) is 5.75 Å². The fourth-order valence-corrected chi connectivity index (χ4v) is 0.730. The van der Waals surface area contributed by atoms with E-state index in [0.29, 0.717) is 0 Å². The Bertz CT molecular complexity index is 153. The number of hydrogen-bond donors (Lipinski definition) is 3. The maximum atomic E-state index is 9.84. The Morgan fingerprint density at radius 3 is 1.78 bits per heavy atom. The first-order valence-corrected chi connectivity index (χ1v) is 3.49. The first kappa shape index (κ1) is 12.5. The second-order valence-corrected chi connectivity index (χ2v) is 2.91. The standard InChI is InChI=1S/C2H8N2O3S.Na.H/c3-2(4)1-8(5,6)7;;/h2H,1,3-4H2,(H,5,6,7);;. The third kappa shape index (κ3) is 12.1. The summed E-state index contributed by atoms with van der Waals surface area (Å²) in [6.07, 6.45) is -0.995. The van der Waals surface area contributed by atoms with Crippen LogP contribution in [0, 0.1) is 0 Å². The van der Waals surface area contributed by atoms with Gasteiger partial charge in [0.15, 0.2) is 0 Å². The van der Waals surface area contributed by atoms with Crippen LogP contribution < -0.4 is 11.5 Å². The summed E-state index contributed by atoms with van der Waals surface area (Å²) in [5.41, 5.74) is 9.63. The second kappa shape index (κ2) is 4.62. The molecule has 0 amide bonds. The van der Waals surface area contributed by atoms with Gasteiger partial charge in [0, 0.05) is 0 Å². The van der Waals surface area contributed by atoms with Crippen molar-refractivity contribution in [2.24, 2.45) is 11.5 Å². The van der Waals surface area contributed by atoms with Crippen LogP contribution in [-0.2, 0) is 10.1 Å². The molecule has 0 radical (unpaired) electrons. The molecular formula is C2H9N2NaO3S. The molecule has 0 spiro atoms. The Hall–Kier alpha value is 0.830. The van der Waals surface area contributed by atoms with Crippen LogP contribution in [-0.4, -0.2) is 54.4 Å². The Morgan fingerprint density at radius 2 is 1.78 bits per heavy atom. The molecule has 0 aliphatic rings. The van der Waals surface area contributed by atoms with Gasteiger partial charge in [0.25, 0.3) is 10.1 Å². The Labute approximate surface area is 75.8 Å². The number of nitrogens with two attached hydrogens (primary N) is 2. The molecule has 0 saturated heterocycles. The van der Waals surface area contributed by atoms with Gasteiger partial charge in [-0.15, -0.1) is 0 Å². The molecule has 0 aromatic rings. The Morgan fingerprint density at radius 1 is 1.44 bits per heavy atom. The summed E-state index contributed by atoms with van der Waals surface area (Å²) >= 11 is 0. The van der Waals surface area contributed by atoms with Crippen molar-refractivity contribution in [3.8, 4) is 0 Å². The fraction of sp³-hybridized carbons (Fsp3) is 1.00. The summed E-state index contributed by atoms with van der Waals surface area (Å²) in [6.45, 7) is 0. The molecule has 5 nitrogen and oxygen atoms in total. The quantitative estimate of drug-likeness (QED) is 0.237. The van der Waals surface area contributed by atoms with E-state index in [2.05, 4.69) is 0 Å².